The molecule has 0 aliphatic rings. The number of nitriles is 1. The van der Waals surface area contributed by atoms with Gasteiger partial charge in [0.05, 0.1) is 24.5 Å². The molecule has 164 valence electrons. The molecule has 6 heteroatoms. The van der Waals surface area contributed by atoms with E-state index in [1.54, 1.807) is 30.5 Å². The number of fused-ring (bicyclic) bond motifs is 1. The van der Waals surface area contributed by atoms with Crippen molar-refractivity contribution in [3.8, 4) is 11.8 Å². The van der Waals surface area contributed by atoms with Crippen molar-refractivity contribution >= 4 is 23.0 Å². The number of rotatable bonds is 7. The van der Waals surface area contributed by atoms with Crippen LogP contribution in [0, 0.1) is 18.3 Å². The summed E-state index contributed by atoms with van der Waals surface area (Å²) in [6.45, 7) is 5.20. The summed E-state index contributed by atoms with van der Waals surface area (Å²) < 4.78 is 7.63. The van der Waals surface area contributed by atoms with Crippen LogP contribution in [0.2, 0.25) is 0 Å². The fraction of sp³-hybridized carbons (Fsp3) is 0.148. The van der Waals surface area contributed by atoms with E-state index in [1.807, 2.05) is 56.3 Å². The maximum absolute atomic E-state index is 12.5. The maximum Gasteiger partial charge on any atom is 0.271 e. The smallest absolute Gasteiger partial charge is 0.271 e. The van der Waals surface area contributed by atoms with Gasteiger partial charge in [-0.3, -0.25) is 4.79 Å². The monoisotopic (exact) mass is 436 g/mol. The fourth-order valence-electron chi connectivity index (χ4n) is 3.78. The molecule has 0 saturated carbocycles. The van der Waals surface area contributed by atoms with Crippen LogP contribution in [0.4, 0.5) is 0 Å². The van der Waals surface area contributed by atoms with Crippen LogP contribution in [0.1, 0.15) is 39.7 Å². The van der Waals surface area contributed by atoms with Gasteiger partial charge >= 0.3 is 0 Å². The summed E-state index contributed by atoms with van der Waals surface area (Å²) in [6, 6.07) is 24.8. The van der Waals surface area contributed by atoms with E-state index >= 15 is 0 Å². The third-order valence-electron chi connectivity index (χ3n) is 5.49. The number of aromatic nitrogens is 1. The highest BCUT2D eigenvalue weighted by Gasteiger charge is 2.13. The number of hydrogen-bond acceptors (Lipinski definition) is 4. The van der Waals surface area contributed by atoms with Gasteiger partial charge in [-0.2, -0.15) is 10.4 Å². The second-order valence-corrected chi connectivity index (χ2v) is 7.57. The average Bonchev–Trinajstić information content (AvgIpc) is 3.11. The number of carbonyl (C=O) groups excluding carboxylic acids is 1. The lowest BCUT2D eigenvalue weighted by Gasteiger charge is -2.09. The summed E-state index contributed by atoms with van der Waals surface area (Å²) in [5, 5.41) is 14.3. The molecule has 0 bridgehead atoms. The van der Waals surface area contributed by atoms with Gasteiger partial charge in [-0.15, -0.1) is 0 Å². The van der Waals surface area contributed by atoms with Crippen molar-refractivity contribution in [3.63, 3.8) is 0 Å². The Bertz CT molecular complexity index is 1340. The third-order valence-corrected chi connectivity index (χ3v) is 5.49. The molecule has 4 aromatic rings. The number of benzene rings is 3. The van der Waals surface area contributed by atoms with Crippen molar-refractivity contribution in [3.05, 3.63) is 101 Å². The summed E-state index contributed by atoms with van der Waals surface area (Å²) in [5.74, 6) is 0.441. The Morgan fingerprint density at radius 3 is 2.52 bits per heavy atom. The largest absolute Gasteiger partial charge is 0.494 e. The van der Waals surface area contributed by atoms with Crippen LogP contribution in [0.5, 0.6) is 5.75 Å². The van der Waals surface area contributed by atoms with E-state index in [1.165, 1.54) is 0 Å². The second kappa shape index (κ2) is 9.84. The molecule has 0 fully saturated rings. The minimum absolute atomic E-state index is 0.284. The number of hydrogen-bond donors (Lipinski definition) is 1. The van der Waals surface area contributed by atoms with Crippen LogP contribution in [-0.4, -0.2) is 23.3 Å². The molecule has 6 nitrogen and oxygen atoms in total. The van der Waals surface area contributed by atoms with Crippen LogP contribution in [-0.2, 0) is 6.54 Å². The van der Waals surface area contributed by atoms with E-state index in [0.29, 0.717) is 24.3 Å². The molecule has 1 N–H and O–H groups in total. The number of amides is 1. The van der Waals surface area contributed by atoms with Crippen molar-refractivity contribution in [1.29, 1.82) is 5.26 Å². The summed E-state index contributed by atoms with van der Waals surface area (Å²) in [6.07, 6.45) is 1.69. The van der Waals surface area contributed by atoms with Gasteiger partial charge in [0.15, 0.2) is 0 Å². The second-order valence-electron chi connectivity index (χ2n) is 7.57. The molecule has 1 amide bonds. The predicted octanol–water partition coefficient (Wildman–Crippen LogP) is 5.03. The summed E-state index contributed by atoms with van der Waals surface area (Å²) >= 11 is 0. The summed E-state index contributed by atoms with van der Waals surface area (Å²) in [5.41, 5.74) is 7.94. The third kappa shape index (κ3) is 4.78. The van der Waals surface area contributed by atoms with E-state index in [0.717, 1.165) is 33.5 Å². The van der Waals surface area contributed by atoms with Gasteiger partial charge in [0.25, 0.3) is 5.91 Å². The van der Waals surface area contributed by atoms with Crippen LogP contribution in [0.15, 0.2) is 77.9 Å². The lowest BCUT2D eigenvalue weighted by atomic mass is 10.1. The van der Waals surface area contributed by atoms with Gasteiger partial charge in [-0.1, -0.05) is 30.3 Å². The first-order chi connectivity index (χ1) is 16.1. The molecule has 0 saturated heterocycles. The van der Waals surface area contributed by atoms with E-state index < -0.39 is 0 Å². The molecule has 0 unspecified atom stereocenters. The molecule has 0 aliphatic heterocycles. The fourth-order valence-corrected chi connectivity index (χ4v) is 3.78. The zero-order valence-electron chi connectivity index (χ0n) is 18.6. The molecule has 0 aliphatic carbocycles. The number of nitrogens with one attached hydrogen (secondary N) is 1. The van der Waals surface area contributed by atoms with Crippen LogP contribution in [0.3, 0.4) is 0 Å². The Kier molecular flexibility index (Phi) is 6.51. The molecule has 0 atom stereocenters. The zero-order chi connectivity index (χ0) is 23.2. The standard InChI is InChI=1S/C27H24N4O2/c1-3-33-23-14-12-22(13-15-23)27(32)30-29-17-25-19(2)31(26-7-5-4-6-24(25)26)18-21-10-8-20(16-28)9-11-21/h4-15,17H,3,18H2,1-2H3,(H,30,32)/b29-17+. The van der Waals surface area contributed by atoms with Crippen molar-refractivity contribution in [2.75, 3.05) is 6.61 Å². The quantitative estimate of drug-likeness (QED) is 0.326. The number of nitrogens with zero attached hydrogens (tertiary/aromatic N) is 3. The van der Waals surface area contributed by atoms with Gasteiger partial charge in [-0.25, -0.2) is 5.43 Å². The van der Waals surface area contributed by atoms with Crippen molar-refractivity contribution < 1.29 is 9.53 Å². The molecule has 3 aromatic carbocycles. The lowest BCUT2D eigenvalue weighted by Crippen LogP contribution is -2.17. The van der Waals surface area contributed by atoms with Gasteiger partial charge in [-0.05, 0) is 61.9 Å². The lowest BCUT2D eigenvalue weighted by molar-refractivity contribution is 0.0955. The summed E-state index contributed by atoms with van der Waals surface area (Å²) in [7, 11) is 0. The van der Waals surface area contributed by atoms with E-state index in [-0.39, 0.29) is 5.91 Å². The van der Waals surface area contributed by atoms with E-state index in [9.17, 15) is 4.79 Å². The molecule has 0 spiro atoms. The van der Waals surface area contributed by atoms with Crippen LogP contribution >= 0.6 is 0 Å². The minimum atomic E-state index is -0.284. The predicted molar refractivity (Wildman–Crippen MR) is 130 cm³/mol. The van der Waals surface area contributed by atoms with Crippen molar-refractivity contribution in [2.24, 2.45) is 5.10 Å². The van der Waals surface area contributed by atoms with Gasteiger partial charge < -0.3 is 9.30 Å². The average molecular weight is 437 g/mol. The Labute approximate surface area is 192 Å². The Hall–Kier alpha value is -4.37. The SMILES string of the molecule is CCOc1ccc(C(=O)N/N=C/c2c(C)n(Cc3ccc(C#N)cc3)c3ccccc23)cc1. The van der Waals surface area contributed by atoms with Gasteiger partial charge in [0.2, 0.25) is 0 Å². The highest BCUT2D eigenvalue weighted by molar-refractivity contribution is 6.02. The minimum Gasteiger partial charge on any atom is -0.494 e. The molecular formula is C27H24N4O2. The molecule has 1 aromatic heterocycles. The Balaban J connectivity index is 1.56. The first kappa shape index (κ1) is 21.8. The van der Waals surface area contributed by atoms with Crippen molar-refractivity contribution in [2.45, 2.75) is 20.4 Å². The maximum atomic E-state index is 12.5. The first-order valence-electron chi connectivity index (χ1n) is 10.7. The normalized spacial score (nSPS) is 10.9. The zero-order valence-corrected chi connectivity index (χ0v) is 18.6. The Morgan fingerprint density at radius 2 is 1.82 bits per heavy atom. The van der Waals surface area contributed by atoms with E-state index in [2.05, 4.69) is 27.2 Å². The van der Waals surface area contributed by atoms with Gasteiger partial charge in [0, 0.05) is 34.3 Å². The number of ether oxygens (including phenoxy) is 1. The number of hydrazone groups is 1. The highest BCUT2D eigenvalue weighted by atomic mass is 16.5. The molecular weight excluding hydrogens is 412 g/mol. The summed E-state index contributed by atoms with van der Waals surface area (Å²) in [4.78, 5) is 12.5. The molecule has 1 heterocycles. The first-order valence-corrected chi connectivity index (χ1v) is 10.7. The number of para-hydroxylation sites is 1. The molecule has 4 rings (SSSR count). The van der Waals surface area contributed by atoms with Crippen LogP contribution < -0.4 is 10.2 Å². The molecule has 0 radical (unpaired) electrons. The Morgan fingerprint density at radius 1 is 1.09 bits per heavy atom. The number of carbonyl (C=O) groups is 1. The topological polar surface area (TPSA) is 79.4 Å². The van der Waals surface area contributed by atoms with Crippen molar-refractivity contribution in [1.82, 2.24) is 9.99 Å². The van der Waals surface area contributed by atoms with E-state index in [4.69, 9.17) is 10.00 Å². The van der Waals surface area contributed by atoms with Crippen LogP contribution in [0.25, 0.3) is 10.9 Å². The van der Waals surface area contributed by atoms with Gasteiger partial charge in [0.1, 0.15) is 5.75 Å². The highest BCUT2D eigenvalue weighted by Crippen LogP contribution is 2.25. The molecule has 33 heavy (non-hydrogen) atoms.